The second kappa shape index (κ2) is 8.48. The van der Waals surface area contributed by atoms with Gasteiger partial charge in [0.1, 0.15) is 8.80 Å². The molecule has 0 heterocycles. The highest BCUT2D eigenvalue weighted by Crippen LogP contribution is 2.32. The molecule has 0 fully saturated rings. The van der Waals surface area contributed by atoms with E-state index in [4.69, 9.17) is 4.43 Å². The molecule has 2 aromatic rings. The molecule has 0 saturated heterocycles. The van der Waals surface area contributed by atoms with Gasteiger partial charge < -0.3 is 4.43 Å². The summed E-state index contributed by atoms with van der Waals surface area (Å²) in [6, 6.07) is 22.0. The molecule has 0 aliphatic heterocycles. The standard InChI is InChI=1S/C22H34OSi2/c1-7-14-19(2)25(6,21-17-12-9-13-18-21)23-22(3,4)24(5)20-15-10-8-11-16-20/h8-13,15-19,24H,7,14H2,1-6H3. The largest absolute Gasteiger partial charge is 0.410 e. The Morgan fingerprint density at radius 3 is 2.04 bits per heavy atom. The average molecular weight is 371 g/mol. The molecule has 3 atom stereocenters. The van der Waals surface area contributed by atoms with Gasteiger partial charge in [-0.25, -0.2) is 0 Å². The fraction of sp³-hybridized carbons (Fsp3) is 0.455. The summed E-state index contributed by atoms with van der Waals surface area (Å²) in [5.74, 6) is 0. The van der Waals surface area contributed by atoms with Crippen molar-refractivity contribution in [1.29, 1.82) is 0 Å². The smallest absolute Gasteiger partial charge is 0.224 e. The molecule has 0 radical (unpaired) electrons. The van der Waals surface area contributed by atoms with Crippen molar-refractivity contribution >= 4 is 27.5 Å². The molecule has 0 aliphatic rings. The highest BCUT2D eigenvalue weighted by Gasteiger charge is 2.44. The third kappa shape index (κ3) is 4.72. The lowest BCUT2D eigenvalue weighted by Crippen LogP contribution is -2.61. The van der Waals surface area contributed by atoms with E-state index in [2.05, 4.69) is 101 Å². The fourth-order valence-electron chi connectivity index (χ4n) is 3.70. The van der Waals surface area contributed by atoms with E-state index < -0.39 is 17.1 Å². The van der Waals surface area contributed by atoms with Crippen LogP contribution in [-0.4, -0.2) is 22.3 Å². The third-order valence-corrected chi connectivity index (χ3v) is 14.2. The topological polar surface area (TPSA) is 9.23 Å². The molecule has 3 unspecified atom stereocenters. The lowest BCUT2D eigenvalue weighted by molar-refractivity contribution is 0.178. The van der Waals surface area contributed by atoms with Gasteiger partial charge in [0, 0.05) is 5.22 Å². The quantitative estimate of drug-likeness (QED) is 0.609. The Kier molecular flexibility index (Phi) is 6.83. The predicted molar refractivity (Wildman–Crippen MR) is 116 cm³/mol. The summed E-state index contributed by atoms with van der Waals surface area (Å²) in [4.78, 5) is 0. The number of hydrogen-bond donors (Lipinski definition) is 0. The molecule has 2 rings (SSSR count). The van der Waals surface area contributed by atoms with Crippen LogP contribution in [0.3, 0.4) is 0 Å². The predicted octanol–water partition coefficient (Wildman–Crippen LogP) is 4.76. The fourth-order valence-corrected chi connectivity index (χ4v) is 10.4. The molecule has 0 N–H and O–H groups in total. The minimum atomic E-state index is -2.05. The molecule has 25 heavy (non-hydrogen) atoms. The summed E-state index contributed by atoms with van der Waals surface area (Å²) in [5, 5.41) is 2.85. The summed E-state index contributed by atoms with van der Waals surface area (Å²) in [7, 11) is -3.29. The Labute approximate surface area is 157 Å². The van der Waals surface area contributed by atoms with Crippen LogP contribution in [0.4, 0.5) is 0 Å². The van der Waals surface area contributed by atoms with Gasteiger partial charge in [-0.3, -0.25) is 0 Å². The van der Waals surface area contributed by atoms with E-state index in [9.17, 15) is 0 Å². The van der Waals surface area contributed by atoms with Gasteiger partial charge in [0.15, 0.2) is 0 Å². The molecular formula is C22H34OSi2. The molecule has 2 aromatic carbocycles. The zero-order valence-electron chi connectivity index (χ0n) is 16.8. The van der Waals surface area contributed by atoms with Gasteiger partial charge in [0.05, 0.1) is 0 Å². The summed E-state index contributed by atoms with van der Waals surface area (Å²) in [5.41, 5.74) is 0.608. The Bertz CT molecular complexity index is 642. The number of benzene rings is 2. The van der Waals surface area contributed by atoms with Crippen molar-refractivity contribution in [2.75, 3.05) is 0 Å². The van der Waals surface area contributed by atoms with Gasteiger partial charge in [0.2, 0.25) is 8.32 Å². The summed E-state index contributed by atoms with van der Waals surface area (Å²) in [6.07, 6.45) is 2.45. The first-order valence-corrected chi connectivity index (χ1v) is 14.4. The van der Waals surface area contributed by atoms with Crippen LogP contribution < -0.4 is 10.4 Å². The minimum absolute atomic E-state index is 0.0693. The maximum absolute atomic E-state index is 7.14. The van der Waals surface area contributed by atoms with Gasteiger partial charge >= 0.3 is 0 Å². The van der Waals surface area contributed by atoms with Crippen molar-refractivity contribution in [1.82, 2.24) is 0 Å². The van der Waals surface area contributed by atoms with Gasteiger partial charge in [-0.1, -0.05) is 99.1 Å². The molecule has 0 aliphatic carbocycles. The maximum Gasteiger partial charge on any atom is 0.224 e. The van der Waals surface area contributed by atoms with E-state index in [1.165, 1.54) is 23.2 Å². The monoisotopic (exact) mass is 370 g/mol. The van der Waals surface area contributed by atoms with Crippen LogP contribution in [0.5, 0.6) is 0 Å². The zero-order valence-corrected chi connectivity index (χ0v) is 18.9. The van der Waals surface area contributed by atoms with Gasteiger partial charge in [-0.2, -0.15) is 0 Å². The second-order valence-corrected chi connectivity index (χ2v) is 15.5. The van der Waals surface area contributed by atoms with Gasteiger partial charge in [-0.05, 0) is 31.1 Å². The van der Waals surface area contributed by atoms with E-state index in [1.807, 2.05) is 0 Å². The Morgan fingerprint density at radius 1 is 1.00 bits per heavy atom. The first kappa shape index (κ1) is 20.1. The zero-order chi connectivity index (χ0) is 18.5. The van der Waals surface area contributed by atoms with Crippen LogP contribution in [-0.2, 0) is 4.43 Å². The Morgan fingerprint density at radius 2 is 1.52 bits per heavy atom. The minimum Gasteiger partial charge on any atom is -0.410 e. The van der Waals surface area contributed by atoms with Crippen LogP contribution in [0.15, 0.2) is 60.7 Å². The van der Waals surface area contributed by atoms with Crippen molar-refractivity contribution in [3.05, 3.63) is 60.7 Å². The Hall–Kier alpha value is -1.17. The molecule has 0 bridgehead atoms. The molecule has 0 amide bonds. The van der Waals surface area contributed by atoms with Crippen molar-refractivity contribution < 1.29 is 4.43 Å². The molecule has 3 heteroatoms. The second-order valence-electron chi connectivity index (χ2n) is 8.00. The first-order valence-electron chi connectivity index (χ1n) is 9.62. The highest BCUT2D eigenvalue weighted by atomic mass is 28.4. The van der Waals surface area contributed by atoms with E-state index >= 15 is 0 Å². The summed E-state index contributed by atoms with van der Waals surface area (Å²) < 4.78 is 7.14. The highest BCUT2D eigenvalue weighted by molar-refractivity contribution is 6.87. The van der Waals surface area contributed by atoms with Crippen LogP contribution in [0.2, 0.25) is 18.6 Å². The third-order valence-electron chi connectivity index (χ3n) is 5.83. The van der Waals surface area contributed by atoms with Crippen molar-refractivity contribution in [2.24, 2.45) is 0 Å². The van der Waals surface area contributed by atoms with Crippen LogP contribution in [0, 0.1) is 0 Å². The van der Waals surface area contributed by atoms with Crippen LogP contribution >= 0.6 is 0 Å². The van der Waals surface area contributed by atoms with E-state index in [-0.39, 0.29) is 5.22 Å². The lowest BCUT2D eigenvalue weighted by atomic mass is 10.3. The summed E-state index contributed by atoms with van der Waals surface area (Å²) in [6.45, 7) is 14.2. The van der Waals surface area contributed by atoms with Crippen LogP contribution in [0.1, 0.15) is 40.5 Å². The Balaban J connectivity index is 2.35. The summed E-state index contributed by atoms with van der Waals surface area (Å²) >= 11 is 0. The van der Waals surface area contributed by atoms with E-state index in [0.717, 1.165) is 0 Å². The normalized spacial score (nSPS) is 16.9. The van der Waals surface area contributed by atoms with Crippen LogP contribution in [0.25, 0.3) is 0 Å². The van der Waals surface area contributed by atoms with Crippen molar-refractivity contribution in [3.8, 4) is 0 Å². The van der Waals surface area contributed by atoms with E-state index in [0.29, 0.717) is 5.54 Å². The van der Waals surface area contributed by atoms with E-state index in [1.54, 1.807) is 0 Å². The number of rotatable bonds is 8. The maximum atomic E-state index is 7.14. The SMILES string of the molecule is CCCC(C)[Si](C)(OC(C)(C)[SiH](C)c1ccccc1)c1ccccc1. The van der Waals surface area contributed by atoms with Crippen molar-refractivity contribution in [2.45, 2.75) is 64.4 Å². The molecule has 0 spiro atoms. The molecular weight excluding hydrogens is 336 g/mol. The van der Waals surface area contributed by atoms with Gasteiger partial charge in [0.25, 0.3) is 0 Å². The lowest BCUT2D eigenvalue weighted by Gasteiger charge is -2.43. The molecule has 0 aromatic heterocycles. The van der Waals surface area contributed by atoms with Crippen molar-refractivity contribution in [3.63, 3.8) is 0 Å². The number of hydrogen-bond acceptors (Lipinski definition) is 1. The molecule has 0 saturated carbocycles. The molecule has 1 nitrogen and oxygen atoms in total. The first-order chi connectivity index (χ1) is 11.8. The average Bonchev–Trinajstić information content (AvgIpc) is 2.62. The van der Waals surface area contributed by atoms with Gasteiger partial charge in [-0.15, -0.1) is 0 Å². The molecule has 136 valence electrons.